The number of Topliss-reactive ketones (excluding diaryl/α,β-unsaturated/α-hetero) is 1. The third kappa shape index (κ3) is 14.8. The van der Waals surface area contributed by atoms with Gasteiger partial charge in [0.25, 0.3) is 6.29 Å². The van der Waals surface area contributed by atoms with Crippen molar-refractivity contribution in [1.29, 1.82) is 0 Å². The van der Waals surface area contributed by atoms with E-state index in [9.17, 15) is 13.2 Å². The maximum absolute atomic E-state index is 11.6. The van der Waals surface area contributed by atoms with Crippen LogP contribution in [0.3, 0.4) is 0 Å². The van der Waals surface area contributed by atoms with Crippen molar-refractivity contribution in [3.8, 4) is 0 Å². The lowest BCUT2D eigenvalue weighted by Gasteiger charge is -2.23. The summed E-state index contributed by atoms with van der Waals surface area (Å²) in [7, 11) is -3.86. The summed E-state index contributed by atoms with van der Waals surface area (Å²) < 4.78 is 30.1. The molecule has 1 aliphatic rings. The van der Waals surface area contributed by atoms with Crippen molar-refractivity contribution in [2.24, 2.45) is 0 Å². The fourth-order valence-corrected chi connectivity index (χ4v) is 4.18. The molecule has 1 fully saturated rings. The minimum atomic E-state index is -3.86. The van der Waals surface area contributed by atoms with Crippen LogP contribution in [0.4, 0.5) is 0 Å². The van der Waals surface area contributed by atoms with Crippen LogP contribution in [0.1, 0.15) is 122 Å². The molecule has 0 bridgehead atoms. The van der Waals surface area contributed by atoms with Gasteiger partial charge in [0, 0.05) is 6.42 Å². The zero-order valence-electron chi connectivity index (χ0n) is 18.4. The van der Waals surface area contributed by atoms with Gasteiger partial charge >= 0.3 is 10.4 Å². The fraction of sp³-hybridized carbons (Fsp3) is 0.870. The zero-order valence-corrected chi connectivity index (χ0v) is 19.2. The lowest BCUT2D eigenvalue weighted by atomic mass is 10.0. The van der Waals surface area contributed by atoms with Gasteiger partial charge in [-0.15, -0.1) is 0 Å². The van der Waals surface area contributed by atoms with Gasteiger partial charge in [-0.3, -0.25) is 4.79 Å². The first-order chi connectivity index (χ1) is 14.0. The smallest absolute Gasteiger partial charge is 0.294 e. The molecular weight excluding hydrogens is 388 g/mol. The van der Waals surface area contributed by atoms with Crippen LogP contribution in [0.15, 0.2) is 12.2 Å². The molecule has 0 aliphatic carbocycles. The van der Waals surface area contributed by atoms with Gasteiger partial charge in [0.05, 0.1) is 0 Å². The predicted octanol–water partition coefficient (Wildman–Crippen LogP) is 6.77. The average Bonchev–Trinajstić information content (AvgIpc) is 2.67. The number of hydrogen-bond donors (Lipinski definition) is 0. The summed E-state index contributed by atoms with van der Waals surface area (Å²) in [6, 6.07) is 0. The normalized spacial score (nSPS) is 16.3. The number of carbonyl (C=O) groups is 1. The van der Waals surface area contributed by atoms with E-state index in [0.717, 1.165) is 19.3 Å². The first-order valence-corrected chi connectivity index (χ1v) is 13.2. The molecule has 29 heavy (non-hydrogen) atoms. The van der Waals surface area contributed by atoms with Crippen LogP contribution in [0, 0.1) is 0 Å². The Morgan fingerprint density at radius 2 is 1.10 bits per heavy atom. The summed E-state index contributed by atoms with van der Waals surface area (Å²) in [6.07, 6.45) is 25.2. The number of ketones is 1. The van der Waals surface area contributed by atoms with E-state index in [2.05, 4.69) is 27.4 Å². The topological polar surface area (TPSA) is 69.7 Å². The summed E-state index contributed by atoms with van der Waals surface area (Å²) in [5, 5.41) is 0. The second-order valence-electron chi connectivity index (χ2n) is 8.15. The van der Waals surface area contributed by atoms with Crippen molar-refractivity contribution >= 4 is 16.2 Å². The molecule has 0 aromatic rings. The Morgan fingerprint density at radius 1 is 0.690 bits per heavy atom. The van der Waals surface area contributed by atoms with E-state index >= 15 is 0 Å². The first-order valence-electron chi connectivity index (χ1n) is 11.8. The van der Waals surface area contributed by atoms with Gasteiger partial charge in [0.1, 0.15) is 0 Å². The number of allylic oxidation sites excluding steroid dienone is 2. The van der Waals surface area contributed by atoms with E-state index in [1.165, 1.54) is 89.9 Å². The number of unbranched alkanes of at least 4 members (excludes halogenated alkanes) is 15. The third-order valence-electron chi connectivity index (χ3n) is 5.36. The molecule has 6 heteroatoms. The molecule has 0 aromatic heterocycles. The lowest BCUT2D eigenvalue weighted by molar-refractivity contribution is -0.151. The van der Waals surface area contributed by atoms with Gasteiger partial charge in [0.15, 0.2) is 5.78 Å². The molecule has 170 valence electrons. The zero-order chi connectivity index (χ0) is 21.2. The SMILES string of the molecule is CCCCCCCC/C=C\CCCCCCCCCCCC(=O)C1OS(=O)(=O)O1. The van der Waals surface area contributed by atoms with Crippen LogP contribution in [-0.2, 0) is 23.6 Å². The Bertz CT molecular complexity index is 529. The summed E-state index contributed by atoms with van der Waals surface area (Å²) in [5.41, 5.74) is 0. The largest absolute Gasteiger partial charge is 0.405 e. The van der Waals surface area contributed by atoms with Gasteiger partial charge in [0.2, 0.25) is 0 Å². The molecule has 0 radical (unpaired) electrons. The highest BCUT2D eigenvalue weighted by Crippen LogP contribution is 2.21. The summed E-state index contributed by atoms with van der Waals surface area (Å²) in [5.74, 6) is -0.277. The van der Waals surface area contributed by atoms with Gasteiger partial charge in [-0.05, 0) is 32.1 Å². The molecule has 0 saturated carbocycles. The van der Waals surface area contributed by atoms with E-state index < -0.39 is 16.7 Å². The number of rotatable bonds is 20. The maximum atomic E-state index is 11.6. The standard InChI is InChI=1S/C23H42O5S/c1-2-3-4-5-6-7-8-9-10-11-12-13-14-15-16-17-18-19-20-21-22(24)23-27-29(25,26)28-23/h9-10,23H,2-8,11-21H2,1H3/b10-9-. The molecule has 1 aliphatic heterocycles. The molecule has 0 spiro atoms. The molecule has 0 unspecified atom stereocenters. The summed E-state index contributed by atoms with van der Waals surface area (Å²) in [4.78, 5) is 11.6. The van der Waals surface area contributed by atoms with Crippen molar-refractivity contribution in [3.63, 3.8) is 0 Å². The van der Waals surface area contributed by atoms with E-state index in [-0.39, 0.29) is 5.78 Å². The van der Waals surface area contributed by atoms with Crippen LogP contribution in [-0.4, -0.2) is 20.5 Å². The Balaban J connectivity index is 1.74. The van der Waals surface area contributed by atoms with Crippen molar-refractivity contribution in [3.05, 3.63) is 12.2 Å². The van der Waals surface area contributed by atoms with E-state index in [1.54, 1.807) is 0 Å². The molecule has 5 nitrogen and oxygen atoms in total. The van der Waals surface area contributed by atoms with Crippen molar-refractivity contribution < 1.29 is 21.6 Å². The van der Waals surface area contributed by atoms with Crippen LogP contribution < -0.4 is 0 Å². The molecule has 1 saturated heterocycles. The second-order valence-corrected chi connectivity index (χ2v) is 9.35. The second kappa shape index (κ2) is 17.0. The molecule has 0 atom stereocenters. The highest BCUT2D eigenvalue weighted by Gasteiger charge is 2.40. The number of carbonyl (C=O) groups excluding carboxylic acids is 1. The third-order valence-corrected chi connectivity index (χ3v) is 6.18. The minimum Gasteiger partial charge on any atom is -0.294 e. The van der Waals surface area contributed by atoms with Gasteiger partial charge in [-0.25, -0.2) is 8.37 Å². The fourth-order valence-electron chi connectivity index (χ4n) is 3.52. The highest BCUT2D eigenvalue weighted by molar-refractivity contribution is 7.82. The Kier molecular flexibility index (Phi) is 15.4. The average molecular weight is 431 g/mol. The first kappa shape index (κ1) is 26.3. The Hall–Kier alpha value is -0.720. The molecule has 0 N–H and O–H groups in total. The van der Waals surface area contributed by atoms with Crippen LogP contribution in [0.2, 0.25) is 0 Å². The highest BCUT2D eigenvalue weighted by atomic mass is 32.3. The van der Waals surface area contributed by atoms with E-state index in [1.807, 2.05) is 0 Å². The minimum absolute atomic E-state index is 0.277. The molecule has 1 heterocycles. The van der Waals surface area contributed by atoms with Gasteiger partial charge < -0.3 is 0 Å². The quantitative estimate of drug-likeness (QED) is 0.157. The Labute approximate surface area is 179 Å². The molecular formula is C23H42O5S. The summed E-state index contributed by atoms with van der Waals surface area (Å²) >= 11 is 0. The molecule has 0 aromatic carbocycles. The Morgan fingerprint density at radius 3 is 1.55 bits per heavy atom. The molecule has 0 amide bonds. The summed E-state index contributed by atoms with van der Waals surface area (Å²) in [6.45, 7) is 2.26. The van der Waals surface area contributed by atoms with Crippen LogP contribution >= 0.6 is 0 Å². The maximum Gasteiger partial charge on any atom is 0.405 e. The van der Waals surface area contributed by atoms with Crippen LogP contribution in [0.25, 0.3) is 0 Å². The van der Waals surface area contributed by atoms with Gasteiger partial charge in [-0.1, -0.05) is 96.1 Å². The predicted molar refractivity (Wildman–Crippen MR) is 118 cm³/mol. The van der Waals surface area contributed by atoms with E-state index in [0.29, 0.717) is 6.42 Å². The van der Waals surface area contributed by atoms with Crippen LogP contribution in [0.5, 0.6) is 0 Å². The van der Waals surface area contributed by atoms with E-state index in [4.69, 9.17) is 0 Å². The van der Waals surface area contributed by atoms with Crippen molar-refractivity contribution in [2.75, 3.05) is 0 Å². The van der Waals surface area contributed by atoms with Crippen molar-refractivity contribution in [2.45, 2.75) is 129 Å². The lowest BCUT2D eigenvalue weighted by Crippen LogP contribution is -2.42. The van der Waals surface area contributed by atoms with Crippen molar-refractivity contribution in [1.82, 2.24) is 0 Å². The number of hydrogen-bond acceptors (Lipinski definition) is 5. The molecule has 1 rings (SSSR count). The van der Waals surface area contributed by atoms with Gasteiger partial charge in [-0.2, -0.15) is 8.42 Å². The monoisotopic (exact) mass is 430 g/mol.